The molecule has 0 fully saturated rings. The highest BCUT2D eigenvalue weighted by atomic mass is 31.2. The zero-order chi connectivity index (χ0) is 50.8. The van der Waals surface area contributed by atoms with E-state index in [4.69, 9.17) is 0 Å². The van der Waals surface area contributed by atoms with Gasteiger partial charge in [-0.05, 0) is 180 Å². The third-order valence-electron chi connectivity index (χ3n) is 14.0. The first kappa shape index (κ1) is 55.3. The number of hydrogen-bond acceptors (Lipinski definition) is 4. The molecule has 0 spiro atoms. The molecule has 0 radical (unpaired) electrons. The van der Waals surface area contributed by atoms with Crippen LogP contribution in [-0.4, -0.2) is 19.6 Å². The number of rotatable bonds is 23. The highest BCUT2D eigenvalue weighted by Crippen LogP contribution is 2.57. The van der Waals surface area contributed by atoms with Crippen LogP contribution in [-0.2, 0) is 51.4 Å². The van der Waals surface area contributed by atoms with Crippen molar-refractivity contribution in [1.82, 2.24) is 0 Å². The third-order valence-corrected chi connectivity index (χ3v) is 15.6. The summed E-state index contributed by atoms with van der Waals surface area (Å²) in [7, 11) is -5.07. The van der Waals surface area contributed by atoms with E-state index in [0.29, 0.717) is 10.6 Å². The normalized spacial score (nSPS) is 11.7. The lowest BCUT2D eigenvalue weighted by Gasteiger charge is -2.34. The van der Waals surface area contributed by atoms with Crippen LogP contribution < -0.4 is 10.6 Å². The Morgan fingerprint density at radius 3 is 0.714 bits per heavy atom. The van der Waals surface area contributed by atoms with E-state index in [9.17, 15) is 19.6 Å². The van der Waals surface area contributed by atoms with Gasteiger partial charge in [0.2, 0.25) is 8.38 Å². The predicted octanol–water partition coefficient (Wildman–Crippen LogP) is 16.7. The van der Waals surface area contributed by atoms with Crippen LogP contribution in [0.3, 0.4) is 0 Å². The molecule has 4 N–H and O–H groups in total. The molecule has 0 saturated carbocycles. The van der Waals surface area contributed by atoms with E-state index < -0.39 is 16.8 Å². The number of benzene rings is 6. The molecule has 0 aromatic heterocycles. The fourth-order valence-electron chi connectivity index (χ4n) is 11.8. The van der Waals surface area contributed by atoms with E-state index in [2.05, 4.69) is 144 Å². The van der Waals surface area contributed by atoms with Crippen LogP contribution in [0.25, 0.3) is 55.6 Å². The maximum absolute atomic E-state index is 13.0. The average Bonchev–Trinajstić information content (AvgIpc) is 3.29. The lowest BCUT2D eigenvalue weighted by atomic mass is 9.71. The molecule has 0 aliphatic rings. The van der Waals surface area contributed by atoms with E-state index in [0.717, 1.165) is 147 Å². The van der Waals surface area contributed by atoms with E-state index >= 15 is 0 Å². The quantitative estimate of drug-likeness (QED) is 0.0482. The molecule has 374 valence electrons. The van der Waals surface area contributed by atoms with Crippen LogP contribution in [0, 0.1) is 27.7 Å². The molecule has 6 rings (SSSR count). The van der Waals surface area contributed by atoms with Gasteiger partial charge in [0, 0.05) is 21.7 Å². The summed E-state index contributed by atoms with van der Waals surface area (Å²) in [6.07, 6.45) is 14.5. The zero-order valence-corrected chi connectivity index (χ0v) is 46.7. The maximum Gasteiger partial charge on any atom is 0.200 e. The fraction of sp³-hybridized carbons (Fsp3) is 0.438. The molecule has 4 nitrogen and oxygen atoms in total. The van der Waals surface area contributed by atoms with Gasteiger partial charge in [-0.25, -0.2) is 0 Å². The van der Waals surface area contributed by atoms with E-state index in [1.165, 1.54) is 77.9 Å². The minimum atomic E-state index is -2.74. The Labute approximate surface area is 425 Å². The highest BCUT2D eigenvalue weighted by Gasteiger charge is 2.37. The van der Waals surface area contributed by atoms with Crippen molar-refractivity contribution in [2.24, 2.45) is 0 Å². The SMILES string of the molecule is CCCc1cc(C)cc(CCC)c1-c1c(-c2ccc(P(O)O)cc2)c(-c2c(CCC)cc(C)cc2CCC)c(-c2c(CCC)cc(C)cc2CCC)c(P(O)O)c1-c1c(CCC)cc(C)cc1CCC. The van der Waals surface area contributed by atoms with Gasteiger partial charge in [-0.2, -0.15) is 0 Å². The van der Waals surface area contributed by atoms with Crippen LogP contribution in [0.4, 0.5) is 0 Å². The average molecular weight is 979 g/mol. The molecule has 0 saturated heterocycles. The van der Waals surface area contributed by atoms with Crippen LogP contribution in [0.1, 0.15) is 174 Å². The summed E-state index contributed by atoms with van der Waals surface area (Å²) in [6.45, 7) is 27.0. The summed E-state index contributed by atoms with van der Waals surface area (Å²) in [6, 6.07) is 27.2. The molecule has 0 aliphatic heterocycles. The first-order valence-electron chi connectivity index (χ1n) is 26.9. The summed E-state index contributed by atoms with van der Waals surface area (Å²) in [5.74, 6) is 0. The summed E-state index contributed by atoms with van der Waals surface area (Å²) in [4.78, 5) is 47.5. The van der Waals surface area contributed by atoms with Gasteiger partial charge in [0.25, 0.3) is 0 Å². The van der Waals surface area contributed by atoms with Crippen molar-refractivity contribution >= 4 is 27.4 Å². The van der Waals surface area contributed by atoms with Crippen molar-refractivity contribution in [1.29, 1.82) is 0 Å². The third kappa shape index (κ3) is 11.9. The van der Waals surface area contributed by atoms with Crippen molar-refractivity contribution in [3.8, 4) is 55.6 Å². The minimum absolute atomic E-state index is 0.499. The van der Waals surface area contributed by atoms with Gasteiger partial charge in [-0.15, -0.1) is 0 Å². The fourth-order valence-corrected chi connectivity index (χ4v) is 13.0. The molecule has 6 aromatic carbocycles. The molecule has 6 heteroatoms. The summed E-state index contributed by atoms with van der Waals surface area (Å²) in [5.41, 5.74) is 25.9. The second kappa shape index (κ2) is 25.6. The molecule has 70 heavy (non-hydrogen) atoms. The van der Waals surface area contributed by atoms with Gasteiger partial charge in [-0.1, -0.05) is 190 Å². The monoisotopic (exact) mass is 979 g/mol. The van der Waals surface area contributed by atoms with Crippen LogP contribution >= 0.6 is 16.8 Å². The first-order valence-corrected chi connectivity index (χ1v) is 29.4. The number of hydrogen-bond donors (Lipinski definition) is 4. The highest BCUT2D eigenvalue weighted by molar-refractivity contribution is 7.55. The minimum Gasteiger partial charge on any atom is -0.347 e. The van der Waals surface area contributed by atoms with Gasteiger partial charge < -0.3 is 19.6 Å². The van der Waals surface area contributed by atoms with Crippen LogP contribution in [0.15, 0.2) is 72.8 Å². The van der Waals surface area contributed by atoms with Crippen molar-refractivity contribution in [2.45, 2.75) is 186 Å². The Morgan fingerprint density at radius 1 is 0.286 bits per heavy atom. The Bertz CT molecular complexity index is 2480. The molecule has 0 amide bonds. The van der Waals surface area contributed by atoms with Crippen molar-refractivity contribution in [3.05, 3.63) is 140 Å². The standard InChI is InChI=1S/C64H84O4P2/c1-13-21-46-33-41(9)34-47(22-14-2)55(46)60-59(45-29-31-54(32-30-45)69(65)66)61(56-48(23-15-3)35-42(10)36-49(56)24-16-4)63(58-52(27-19-7)39-44(12)40-53(58)28-20-8)64(70(67)68)62(60)57-50(25-17-5)37-43(11)38-51(57)26-18-6/h29-40,65-68H,13-28H2,1-12H3. The second-order valence-corrected chi connectivity index (χ2v) is 22.3. The van der Waals surface area contributed by atoms with E-state index in [1.54, 1.807) is 0 Å². The summed E-state index contributed by atoms with van der Waals surface area (Å²) < 4.78 is 0. The molecule has 0 aliphatic carbocycles. The largest absolute Gasteiger partial charge is 0.347 e. The Morgan fingerprint density at radius 2 is 0.514 bits per heavy atom. The van der Waals surface area contributed by atoms with Gasteiger partial charge >= 0.3 is 0 Å². The molecule has 6 aromatic rings. The number of aryl methyl sites for hydroxylation is 12. The van der Waals surface area contributed by atoms with Crippen molar-refractivity contribution in [2.75, 3.05) is 0 Å². The molecular formula is C64H84O4P2. The van der Waals surface area contributed by atoms with E-state index in [1.807, 2.05) is 12.1 Å². The summed E-state index contributed by atoms with van der Waals surface area (Å²) >= 11 is 0. The first-order chi connectivity index (χ1) is 33.7. The lowest BCUT2D eigenvalue weighted by Crippen LogP contribution is -2.19. The van der Waals surface area contributed by atoms with Gasteiger partial charge in [-0.3, -0.25) is 0 Å². The van der Waals surface area contributed by atoms with Gasteiger partial charge in [0.05, 0.1) is 0 Å². The predicted molar refractivity (Wildman–Crippen MR) is 307 cm³/mol. The topological polar surface area (TPSA) is 80.9 Å². The zero-order valence-electron chi connectivity index (χ0n) is 44.9. The molecular weight excluding hydrogens is 895 g/mol. The molecule has 0 heterocycles. The van der Waals surface area contributed by atoms with Crippen LogP contribution in [0.2, 0.25) is 0 Å². The van der Waals surface area contributed by atoms with Crippen molar-refractivity contribution in [3.63, 3.8) is 0 Å². The van der Waals surface area contributed by atoms with Gasteiger partial charge in [0.15, 0.2) is 8.38 Å². The van der Waals surface area contributed by atoms with Crippen LogP contribution in [0.5, 0.6) is 0 Å². The van der Waals surface area contributed by atoms with E-state index in [-0.39, 0.29) is 0 Å². The molecule has 0 atom stereocenters. The van der Waals surface area contributed by atoms with Gasteiger partial charge in [0.1, 0.15) is 0 Å². The Balaban J connectivity index is 2.23. The Kier molecular flexibility index (Phi) is 20.2. The molecule has 0 bridgehead atoms. The Hall–Kier alpha value is -3.98. The molecule has 0 unspecified atom stereocenters. The summed E-state index contributed by atoms with van der Waals surface area (Å²) in [5, 5.41) is 1.15. The van der Waals surface area contributed by atoms with Crippen molar-refractivity contribution < 1.29 is 19.6 Å². The maximum atomic E-state index is 13.0. The second-order valence-electron chi connectivity index (χ2n) is 20.2. The lowest BCUT2D eigenvalue weighted by molar-refractivity contribution is 0.495. The smallest absolute Gasteiger partial charge is 0.200 e.